The minimum Gasteiger partial charge on any atom is -0.295 e. The molecule has 2 heteroatoms. The molecule has 23 heavy (non-hydrogen) atoms. The van der Waals surface area contributed by atoms with Crippen molar-refractivity contribution in [1.29, 1.82) is 0 Å². The van der Waals surface area contributed by atoms with Crippen LogP contribution >= 0.6 is 0 Å². The zero-order valence-corrected chi connectivity index (χ0v) is 14.4. The smallest absolute Gasteiger partial charge is 0.159 e. The summed E-state index contributed by atoms with van der Waals surface area (Å²) in [5, 5.41) is 0. The number of rotatable bonds is 1. The van der Waals surface area contributed by atoms with Crippen LogP contribution in [0.5, 0.6) is 0 Å². The molecule has 0 spiro atoms. The Morgan fingerprint density at radius 1 is 1.13 bits per heavy atom. The van der Waals surface area contributed by atoms with Gasteiger partial charge in [-0.05, 0) is 72.7 Å². The van der Waals surface area contributed by atoms with Crippen LogP contribution in [-0.2, 0) is 9.59 Å². The van der Waals surface area contributed by atoms with Crippen LogP contribution in [-0.4, -0.2) is 11.6 Å². The highest BCUT2D eigenvalue weighted by Gasteiger charge is 2.60. The second-order valence-electron chi connectivity index (χ2n) is 8.91. The van der Waals surface area contributed by atoms with Crippen LogP contribution in [0.1, 0.15) is 58.8 Å². The number of hydrogen-bond acceptors (Lipinski definition) is 2. The zero-order chi connectivity index (χ0) is 16.4. The first kappa shape index (κ1) is 15.4. The second-order valence-corrected chi connectivity index (χ2v) is 8.91. The fourth-order valence-electron chi connectivity index (χ4n) is 6.81. The summed E-state index contributed by atoms with van der Waals surface area (Å²) in [5.41, 5.74) is 1.14. The molecule has 0 aliphatic heterocycles. The normalized spacial score (nSPS) is 49.0. The Morgan fingerprint density at radius 2 is 1.91 bits per heavy atom. The molecule has 0 heterocycles. The summed E-state index contributed by atoms with van der Waals surface area (Å²) in [6.45, 7) is 8.78. The summed E-state index contributed by atoms with van der Waals surface area (Å²) in [5.74, 6) is 2.78. The van der Waals surface area contributed by atoms with E-state index in [1.54, 1.807) is 6.08 Å². The van der Waals surface area contributed by atoms with Gasteiger partial charge in [0.15, 0.2) is 11.6 Å². The molecule has 4 rings (SSSR count). The van der Waals surface area contributed by atoms with E-state index in [1.165, 1.54) is 25.7 Å². The summed E-state index contributed by atoms with van der Waals surface area (Å²) in [6.07, 6.45) is 11.0. The van der Waals surface area contributed by atoms with E-state index in [2.05, 4.69) is 26.5 Å². The number of hydrogen-bond donors (Lipinski definition) is 0. The molecule has 0 radical (unpaired) electrons. The lowest BCUT2D eigenvalue weighted by molar-refractivity contribution is -0.130. The Bertz CT molecular complexity index is 615. The minimum absolute atomic E-state index is 0.0541. The molecule has 0 saturated heterocycles. The highest BCUT2D eigenvalue weighted by Crippen LogP contribution is 2.66. The number of carbonyl (C=O) groups excluding carboxylic acids is 2. The second kappa shape index (κ2) is 4.91. The molecule has 0 aromatic carbocycles. The van der Waals surface area contributed by atoms with Crippen molar-refractivity contribution in [1.82, 2.24) is 0 Å². The number of fused-ring (bicyclic) bond motifs is 5. The van der Waals surface area contributed by atoms with E-state index in [0.717, 1.165) is 12.0 Å². The van der Waals surface area contributed by atoms with Crippen molar-refractivity contribution in [2.45, 2.75) is 58.8 Å². The average Bonchev–Trinajstić information content (AvgIpc) is 2.86. The van der Waals surface area contributed by atoms with E-state index in [9.17, 15) is 9.59 Å². The summed E-state index contributed by atoms with van der Waals surface area (Å²) in [6, 6.07) is 0. The molecule has 3 saturated carbocycles. The molecule has 0 aromatic rings. The van der Waals surface area contributed by atoms with E-state index < -0.39 is 0 Å². The van der Waals surface area contributed by atoms with Crippen molar-refractivity contribution >= 4 is 11.6 Å². The largest absolute Gasteiger partial charge is 0.295 e. The lowest BCUT2D eigenvalue weighted by Crippen LogP contribution is -2.52. The first-order chi connectivity index (χ1) is 10.9. The molecule has 4 aliphatic carbocycles. The first-order valence-corrected chi connectivity index (χ1v) is 9.31. The maximum Gasteiger partial charge on any atom is 0.159 e. The Balaban J connectivity index is 1.73. The van der Waals surface area contributed by atoms with Gasteiger partial charge in [-0.25, -0.2) is 0 Å². The standard InChI is InChI=1S/C21H28O2/c1-4-13-5-6-16-15-12-19(23)18-11-14(22)7-9-21(18,3)17(15)8-10-20(13,16)2/h4,11,13,15-17H,1,5-10,12H2,2-3H3/t13-,15-,16-,17-,20+,21+/m0/s1. The van der Waals surface area contributed by atoms with Crippen LogP contribution in [0.25, 0.3) is 0 Å². The van der Waals surface area contributed by atoms with Gasteiger partial charge < -0.3 is 0 Å². The first-order valence-electron chi connectivity index (χ1n) is 9.31. The molecule has 124 valence electrons. The van der Waals surface area contributed by atoms with Gasteiger partial charge in [-0.3, -0.25) is 9.59 Å². The third-order valence-corrected chi connectivity index (χ3v) is 8.15. The van der Waals surface area contributed by atoms with E-state index in [4.69, 9.17) is 0 Å². The van der Waals surface area contributed by atoms with E-state index in [0.29, 0.717) is 41.9 Å². The Labute approximate surface area is 139 Å². The van der Waals surface area contributed by atoms with Crippen LogP contribution in [0, 0.1) is 34.5 Å². The number of ketones is 2. The van der Waals surface area contributed by atoms with Crippen LogP contribution in [0.3, 0.4) is 0 Å². The van der Waals surface area contributed by atoms with Gasteiger partial charge in [0, 0.05) is 18.4 Å². The zero-order valence-electron chi connectivity index (χ0n) is 14.4. The quantitative estimate of drug-likeness (QED) is 0.668. The Hall–Kier alpha value is -1.18. The van der Waals surface area contributed by atoms with Gasteiger partial charge in [0.2, 0.25) is 0 Å². The number of Topliss-reactive ketones (excluding diaryl/α,β-unsaturated/α-hetero) is 1. The van der Waals surface area contributed by atoms with Gasteiger partial charge in [0.1, 0.15) is 0 Å². The summed E-state index contributed by atoms with van der Waals surface area (Å²) < 4.78 is 0. The van der Waals surface area contributed by atoms with Crippen LogP contribution in [0.4, 0.5) is 0 Å². The van der Waals surface area contributed by atoms with Crippen molar-refractivity contribution in [3.8, 4) is 0 Å². The molecule has 3 fully saturated rings. The van der Waals surface area contributed by atoms with Gasteiger partial charge in [0.25, 0.3) is 0 Å². The third kappa shape index (κ3) is 1.93. The highest BCUT2D eigenvalue weighted by molar-refractivity contribution is 6.05. The molecule has 6 atom stereocenters. The van der Waals surface area contributed by atoms with E-state index in [-0.39, 0.29) is 17.0 Å². The molecule has 0 unspecified atom stereocenters. The summed E-state index contributed by atoms with van der Waals surface area (Å²) in [4.78, 5) is 24.7. The summed E-state index contributed by atoms with van der Waals surface area (Å²) in [7, 11) is 0. The molecule has 0 N–H and O–H groups in total. The molecular weight excluding hydrogens is 284 g/mol. The molecule has 2 nitrogen and oxygen atoms in total. The van der Waals surface area contributed by atoms with Gasteiger partial charge in [-0.2, -0.15) is 0 Å². The maximum atomic E-state index is 12.8. The SMILES string of the molecule is C=C[C@H]1CC[C@H]2[C@@H]3CC(=O)C4=CC(=O)CC[C@]4(C)[C@H]3CC[C@]12C. The lowest BCUT2D eigenvalue weighted by Gasteiger charge is -2.57. The van der Waals surface area contributed by atoms with Crippen LogP contribution in [0.15, 0.2) is 24.3 Å². The predicted molar refractivity (Wildman–Crippen MR) is 90.8 cm³/mol. The lowest BCUT2D eigenvalue weighted by atomic mass is 9.46. The number of allylic oxidation sites excluding steroid dienone is 2. The Morgan fingerprint density at radius 3 is 2.65 bits per heavy atom. The van der Waals surface area contributed by atoms with E-state index >= 15 is 0 Å². The Kier molecular flexibility index (Phi) is 3.28. The van der Waals surface area contributed by atoms with Crippen LogP contribution < -0.4 is 0 Å². The highest BCUT2D eigenvalue weighted by atomic mass is 16.1. The van der Waals surface area contributed by atoms with Crippen LogP contribution in [0.2, 0.25) is 0 Å². The topological polar surface area (TPSA) is 34.1 Å². The van der Waals surface area contributed by atoms with Crippen molar-refractivity contribution in [3.05, 3.63) is 24.3 Å². The molecular formula is C21H28O2. The molecule has 0 amide bonds. The van der Waals surface area contributed by atoms with Crippen molar-refractivity contribution in [2.75, 3.05) is 0 Å². The minimum atomic E-state index is -0.0541. The van der Waals surface area contributed by atoms with Crippen molar-refractivity contribution in [3.63, 3.8) is 0 Å². The monoisotopic (exact) mass is 312 g/mol. The van der Waals surface area contributed by atoms with Gasteiger partial charge in [-0.15, -0.1) is 6.58 Å². The fraction of sp³-hybridized carbons (Fsp3) is 0.714. The summed E-state index contributed by atoms with van der Waals surface area (Å²) >= 11 is 0. The fourth-order valence-corrected chi connectivity index (χ4v) is 6.81. The maximum absolute atomic E-state index is 12.8. The van der Waals surface area contributed by atoms with E-state index in [1.807, 2.05) is 0 Å². The van der Waals surface area contributed by atoms with Gasteiger partial charge >= 0.3 is 0 Å². The molecule has 0 bridgehead atoms. The molecule has 0 aromatic heterocycles. The van der Waals surface area contributed by atoms with Gasteiger partial charge in [0.05, 0.1) is 0 Å². The average molecular weight is 312 g/mol. The predicted octanol–water partition coefficient (Wildman–Crippen LogP) is 4.50. The number of carbonyl (C=O) groups is 2. The van der Waals surface area contributed by atoms with Crippen molar-refractivity contribution < 1.29 is 9.59 Å². The van der Waals surface area contributed by atoms with Crippen molar-refractivity contribution in [2.24, 2.45) is 34.5 Å². The third-order valence-electron chi connectivity index (χ3n) is 8.15. The van der Waals surface area contributed by atoms with Gasteiger partial charge in [-0.1, -0.05) is 19.9 Å². The molecule has 4 aliphatic rings.